The van der Waals surface area contributed by atoms with Crippen LogP contribution < -0.4 is 4.74 Å². The molecule has 0 saturated heterocycles. The molecule has 18 heavy (non-hydrogen) atoms. The van der Waals surface area contributed by atoms with Gasteiger partial charge in [0.15, 0.2) is 17.3 Å². The van der Waals surface area contributed by atoms with E-state index in [0.29, 0.717) is 5.56 Å². The number of methoxy groups -OCH3 is 1. The van der Waals surface area contributed by atoms with Crippen molar-refractivity contribution in [1.82, 2.24) is 9.97 Å². The van der Waals surface area contributed by atoms with Crippen LogP contribution in [0.3, 0.4) is 0 Å². The van der Waals surface area contributed by atoms with Crippen LogP contribution in [0.2, 0.25) is 0 Å². The molecule has 5 nitrogen and oxygen atoms in total. The van der Waals surface area contributed by atoms with Crippen LogP contribution in [-0.2, 0) is 0 Å². The number of rotatable bonds is 3. The van der Waals surface area contributed by atoms with Gasteiger partial charge in [-0.15, -0.1) is 0 Å². The highest BCUT2D eigenvalue weighted by Crippen LogP contribution is 2.23. The summed E-state index contributed by atoms with van der Waals surface area (Å²) >= 11 is 0. The van der Waals surface area contributed by atoms with Crippen molar-refractivity contribution in [1.29, 1.82) is 0 Å². The second-order valence-corrected chi connectivity index (χ2v) is 3.44. The number of hydrogen-bond donors (Lipinski definition) is 1. The molecule has 1 aromatic heterocycles. The highest BCUT2D eigenvalue weighted by atomic mass is 19.1. The fraction of sp³-hybridized carbons (Fsp3) is 0.0833. The molecule has 0 unspecified atom stereocenters. The van der Waals surface area contributed by atoms with E-state index in [1.807, 2.05) is 0 Å². The van der Waals surface area contributed by atoms with Gasteiger partial charge in [0.25, 0.3) is 0 Å². The molecule has 0 bridgehead atoms. The van der Waals surface area contributed by atoms with E-state index in [1.54, 1.807) is 6.07 Å². The Morgan fingerprint density at radius 3 is 2.78 bits per heavy atom. The lowest BCUT2D eigenvalue weighted by Crippen LogP contribution is -2.02. The Bertz CT molecular complexity index is 602. The summed E-state index contributed by atoms with van der Waals surface area (Å²) in [5, 5.41) is 8.80. The maximum absolute atomic E-state index is 13.5. The lowest BCUT2D eigenvalue weighted by atomic mass is 10.1. The molecular weight excluding hydrogens is 239 g/mol. The van der Waals surface area contributed by atoms with Crippen LogP contribution in [0, 0.1) is 5.82 Å². The van der Waals surface area contributed by atoms with Crippen LogP contribution in [0.1, 0.15) is 10.5 Å². The van der Waals surface area contributed by atoms with Crippen molar-refractivity contribution in [3.8, 4) is 17.0 Å². The fourth-order valence-corrected chi connectivity index (χ4v) is 1.43. The van der Waals surface area contributed by atoms with Crippen LogP contribution in [0.15, 0.2) is 30.6 Å². The van der Waals surface area contributed by atoms with Crippen LogP contribution in [0.5, 0.6) is 5.75 Å². The molecule has 1 aromatic carbocycles. The second kappa shape index (κ2) is 4.79. The minimum Gasteiger partial charge on any atom is -0.494 e. The Morgan fingerprint density at radius 1 is 1.39 bits per heavy atom. The fourth-order valence-electron chi connectivity index (χ4n) is 1.43. The number of aromatic nitrogens is 2. The van der Waals surface area contributed by atoms with Crippen LogP contribution in [-0.4, -0.2) is 28.2 Å². The summed E-state index contributed by atoms with van der Waals surface area (Å²) in [6.07, 6.45) is 2.50. The normalized spacial score (nSPS) is 10.1. The highest BCUT2D eigenvalue weighted by Gasteiger charge is 2.10. The zero-order valence-corrected chi connectivity index (χ0v) is 9.42. The number of halogens is 1. The number of ether oxygens (including phenoxy) is 1. The molecule has 0 radical (unpaired) electrons. The number of aromatic carboxylic acids is 1. The largest absolute Gasteiger partial charge is 0.494 e. The van der Waals surface area contributed by atoms with Crippen molar-refractivity contribution in [3.05, 3.63) is 42.1 Å². The molecule has 0 spiro atoms. The maximum atomic E-state index is 13.5. The Morgan fingerprint density at radius 2 is 2.17 bits per heavy atom. The van der Waals surface area contributed by atoms with Crippen LogP contribution in [0.25, 0.3) is 11.3 Å². The number of carboxylic acids is 1. The molecule has 0 aliphatic rings. The van der Waals surface area contributed by atoms with Crippen molar-refractivity contribution < 1.29 is 19.0 Å². The summed E-state index contributed by atoms with van der Waals surface area (Å²) in [6, 6.07) is 4.24. The minimum absolute atomic E-state index is 0.112. The van der Waals surface area contributed by atoms with Gasteiger partial charge in [-0.25, -0.2) is 14.2 Å². The van der Waals surface area contributed by atoms with E-state index in [2.05, 4.69) is 9.97 Å². The summed E-state index contributed by atoms with van der Waals surface area (Å²) in [5.41, 5.74) is 0.532. The van der Waals surface area contributed by atoms with E-state index in [1.165, 1.54) is 25.4 Å². The van der Waals surface area contributed by atoms with E-state index >= 15 is 0 Å². The number of hydrogen-bond acceptors (Lipinski definition) is 4. The molecule has 0 aliphatic carbocycles. The van der Waals surface area contributed by atoms with Gasteiger partial charge < -0.3 is 9.84 Å². The quantitative estimate of drug-likeness (QED) is 0.899. The molecule has 0 atom stereocenters. The Hall–Kier alpha value is -2.50. The van der Waals surface area contributed by atoms with Gasteiger partial charge in [0.05, 0.1) is 25.2 Å². The average Bonchev–Trinajstić information content (AvgIpc) is 2.38. The summed E-state index contributed by atoms with van der Waals surface area (Å²) in [7, 11) is 1.36. The molecule has 0 fully saturated rings. The van der Waals surface area contributed by atoms with Crippen molar-refractivity contribution in [2.24, 2.45) is 0 Å². The maximum Gasteiger partial charge on any atom is 0.356 e. The summed E-state index contributed by atoms with van der Waals surface area (Å²) in [6.45, 7) is 0. The second-order valence-electron chi connectivity index (χ2n) is 3.44. The first-order valence-corrected chi connectivity index (χ1v) is 5.01. The zero-order valence-electron chi connectivity index (χ0n) is 9.42. The monoisotopic (exact) mass is 248 g/mol. The predicted molar refractivity (Wildman–Crippen MR) is 60.9 cm³/mol. The molecule has 2 aromatic rings. The average molecular weight is 248 g/mol. The summed E-state index contributed by atoms with van der Waals surface area (Å²) in [5.74, 6) is -1.61. The Labute approximate surface area is 102 Å². The first-order valence-electron chi connectivity index (χ1n) is 5.01. The van der Waals surface area contributed by atoms with Crippen molar-refractivity contribution in [2.75, 3.05) is 7.11 Å². The molecule has 1 heterocycles. The molecular formula is C12H9FN2O3. The first kappa shape index (κ1) is 12.0. The van der Waals surface area contributed by atoms with Gasteiger partial charge in [0.2, 0.25) is 0 Å². The van der Waals surface area contributed by atoms with Crippen LogP contribution in [0.4, 0.5) is 4.39 Å². The SMILES string of the molecule is COc1ccc(-c2cncc(C(=O)O)n2)cc1F. The molecule has 0 aliphatic heterocycles. The Kier molecular flexibility index (Phi) is 3.18. The third-order valence-corrected chi connectivity index (χ3v) is 2.30. The van der Waals surface area contributed by atoms with Gasteiger partial charge in [-0.3, -0.25) is 4.98 Å². The third kappa shape index (κ3) is 2.27. The standard InChI is InChI=1S/C12H9FN2O3/c1-18-11-3-2-7(4-8(11)13)9-5-14-6-10(15-9)12(16)17/h2-6H,1H3,(H,16,17). The topological polar surface area (TPSA) is 72.3 Å². The lowest BCUT2D eigenvalue weighted by Gasteiger charge is -2.05. The summed E-state index contributed by atoms with van der Waals surface area (Å²) in [4.78, 5) is 18.4. The smallest absolute Gasteiger partial charge is 0.356 e. The van der Waals surface area contributed by atoms with E-state index in [9.17, 15) is 9.18 Å². The van der Waals surface area contributed by atoms with E-state index in [-0.39, 0.29) is 17.1 Å². The Balaban J connectivity index is 2.45. The van der Waals surface area contributed by atoms with Gasteiger partial charge in [-0.05, 0) is 18.2 Å². The van der Waals surface area contributed by atoms with Crippen molar-refractivity contribution in [3.63, 3.8) is 0 Å². The molecule has 0 amide bonds. The van der Waals surface area contributed by atoms with E-state index in [4.69, 9.17) is 9.84 Å². The van der Waals surface area contributed by atoms with Gasteiger partial charge in [0, 0.05) is 5.56 Å². The molecule has 1 N–H and O–H groups in total. The number of carbonyl (C=O) groups is 1. The van der Waals surface area contributed by atoms with Gasteiger partial charge in [-0.1, -0.05) is 0 Å². The number of carboxylic acid groups (broad SMARTS) is 1. The van der Waals surface area contributed by atoms with Crippen molar-refractivity contribution >= 4 is 5.97 Å². The number of nitrogens with zero attached hydrogens (tertiary/aromatic N) is 2. The van der Waals surface area contributed by atoms with E-state index in [0.717, 1.165) is 6.20 Å². The van der Waals surface area contributed by atoms with E-state index < -0.39 is 11.8 Å². The van der Waals surface area contributed by atoms with Gasteiger partial charge in [-0.2, -0.15) is 0 Å². The van der Waals surface area contributed by atoms with Gasteiger partial charge in [0.1, 0.15) is 0 Å². The minimum atomic E-state index is -1.18. The van der Waals surface area contributed by atoms with Gasteiger partial charge >= 0.3 is 5.97 Å². The van der Waals surface area contributed by atoms with Crippen molar-refractivity contribution in [2.45, 2.75) is 0 Å². The molecule has 6 heteroatoms. The molecule has 2 rings (SSSR count). The summed E-state index contributed by atoms with van der Waals surface area (Å²) < 4.78 is 18.3. The third-order valence-electron chi connectivity index (χ3n) is 2.30. The number of benzene rings is 1. The molecule has 92 valence electrons. The molecule has 0 saturated carbocycles. The van der Waals surface area contributed by atoms with Crippen LogP contribution >= 0.6 is 0 Å². The highest BCUT2D eigenvalue weighted by molar-refractivity contribution is 5.85. The lowest BCUT2D eigenvalue weighted by molar-refractivity contribution is 0.0690. The zero-order chi connectivity index (χ0) is 13.1. The predicted octanol–water partition coefficient (Wildman–Crippen LogP) is 1.99. The first-order chi connectivity index (χ1) is 8.61.